The highest BCUT2D eigenvalue weighted by Gasteiger charge is 2.06. The first-order chi connectivity index (χ1) is 8.69. The summed E-state index contributed by atoms with van der Waals surface area (Å²) in [7, 11) is 0. The molecule has 94 valence electrons. The third kappa shape index (κ3) is 3.55. The summed E-state index contributed by atoms with van der Waals surface area (Å²) >= 11 is 13.1. The number of thioether (sulfide) groups is 1. The van der Waals surface area contributed by atoms with Crippen molar-refractivity contribution >= 4 is 35.0 Å². The minimum Gasteiger partial charge on any atom is -0.323 e. The van der Waals surface area contributed by atoms with Crippen LogP contribution in [-0.4, -0.2) is 9.97 Å². The first-order valence-corrected chi connectivity index (χ1v) is 7.15. The SMILES string of the molecule is C=CCc1ccc(CSc2nc(Cl)c(Cl)[nH]2)cc1. The lowest BCUT2D eigenvalue weighted by Gasteiger charge is -2.01. The number of hydrogen-bond donors (Lipinski definition) is 1. The molecule has 0 aliphatic carbocycles. The number of rotatable bonds is 5. The Morgan fingerprint density at radius 2 is 1.89 bits per heavy atom. The Balaban J connectivity index is 1.95. The maximum absolute atomic E-state index is 5.79. The van der Waals surface area contributed by atoms with Gasteiger partial charge in [-0.3, -0.25) is 0 Å². The fraction of sp³-hybridized carbons (Fsp3) is 0.154. The van der Waals surface area contributed by atoms with Gasteiger partial charge in [0.1, 0.15) is 5.15 Å². The van der Waals surface area contributed by atoms with E-state index in [1.165, 1.54) is 11.1 Å². The van der Waals surface area contributed by atoms with E-state index in [1.807, 2.05) is 6.08 Å². The molecule has 0 atom stereocenters. The molecular formula is C13H12Cl2N2S. The third-order valence-electron chi connectivity index (χ3n) is 2.38. The van der Waals surface area contributed by atoms with Gasteiger partial charge in [-0.1, -0.05) is 65.3 Å². The van der Waals surface area contributed by atoms with Crippen LogP contribution in [0, 0.1) is 0 Å². The number of hydrogen-bond acceptors (Lipinski definition) is 2. The largest absolute Gasteiger partial charge is 0.323 e. The van der Waals surface area contributed by atoms with E-state index in [4.69, 9.17) is 23.2 Å². The molecule has 2 rings (SSSR count). The molecule has 0 aliphatic rings. The average Bonchev–Trinajstić information content (AvgIpc) is 2.68. The second kappa shape index (κ2) is 6.32. The lowest BCUT2D eigenvalue weighted by molar-refractivity contribution is 1.06. The van der Waals surface area contributed by atoms with Gasteiger partial charge in [-0.15, -0.1) is 6.58 Å². The maximum Gasteiger partial charge on any atom is 0.168 e. The van der Waals surface area contributed by atoms with Gasteiger partial charge in [0.2, 0.25) is 0 Å². The summed E-state index contributed by atoms with van der Waals surface area (Å²) in [6, 6.07) is 8.44. The van der Waals surface area contributed by atoms with Gasteiger partial charge < -0.3 is 4.98 Å². The first-order valence-electron chi connectivity index (χ1n) is 5.41. The highest BCUT2D eigenvalue weighted by Crippen LogP contribution is 2.26. The molecule has 0 saturated heterocycles. The van der Waals surface area contributed by atoms with E-state index in [-0.39, 0.29) is 0 Å². The van der Waals surface area contributed by atoms with Crippen LogP contribution >= 0.6 is 35.0 Å². The summed E-state index contributed by atoms with van der Waals surface area (Å²) in [6.07, 6.45) is 2.80. The monoisotopic (exact) mass is 298 g/mol. The van der Waals surface area contributed by atoms with Crippen molar-refractivity contribution in [2.45, 2.75) is 17.3 Å². The molecule has 0 radical (unpaired) electrons. The van der Waals surface area contributed by atoms with Crippen LogP contribution in [0.2, 0.25) is 10.3 Å². The van der Waals surface area contributed by atoms with Crippen molar-refractivity contribution in [2.24, 2.45) is 0 Å². The van der Waals surface area contributed by atoms with Gasteiger partial charge in [0.15, 0.2) is 10.3 Å². The lowest BCUT2D eigenvalue weighted by Crippen LogP contribution is -1.85. The van der Waals surface area contributed by atoms with Gasteiger partial charge >= 0.3 is 0 Å². The third-order valence-corrected chi connectivity index (χ3v) is 3.96. The van der Waals surface area contributed by atoms with Gasteiger partial charge in [-0.25, -0.2) is 4.98 Å². The number of allylic oxidation sites excluding steroid dienone is 1. The Hall–Kier alpha value is -0.900. The van der Waals surface area contributed by atoms with Crippen molar-refractivity contribution in [1.82, 2.24) is 9.97 Å². The van der Waals surface area contributed by atoms with Crippen LogP contribution in [0.3, 0.4) is 0 Å². The average molecular weight is 299 g/mol. The number of benzene rings is 1. The standard InChI is InChI=1S/C13H12Cl2N2S/c1-2-3-9-4-6-10(7-5-9)8-18-13-16-11(14)12(15)17-13/h2,4-7H,1,3,8H2,(H,16,17). The summed E-state index contributed by atoms with van der Waals surface area (Å²) in [6.45, 7) is 3.72. The molecule has 0 unspecified atom stereocenters. The zero-order valence-corrected chi connectivity index (χ0v) is 11.9. The predicted octanol–water partition coefficient (Wildman–Crippen LogP) is 4.74. The van der Waals surface area contributed by atoms with Crippen molar-refractivity contribution in [1.29, 1.82) is 0 Å². The van der Waals surface area contributed by atoms with Gasteiger partial charge in [-0.05, 0) is 17.5 Å². The number of imidazole rings is 1. The van der Waals surface area contributed by atoms with E-state index >= 15 is 0 Å². The first kappa shape index (κ1) is 13.5. The predicted molar refractivity (Wildman–Crippen MR) is 78.5 cm³/mol. The number of aromatic nitrogens is 2. The highest BCUT2D eigenvalue weighted by molar-refractivity contribution is 7.98. The summed E-state index contributed by atoms with van der Waals surface area (Å²) in [5.74, 6) is 0.828. The fourth-order valence-electron chi connectivity index (χ4n) is 1.47. The molecular weight excluding hydrogens is 287 g/mol. The Morgan fingerprint density at radius 1 is 1.22 bits per heavy atom. The van der Waals surface area contributed by atoms with E-state index in [9.17, 15) is 0 Å². The molecule has 0 fully saturated rings. The zero-order chi connectivity index (χ0) is 13.0. The van der Waals surface area contributed by atoms with E-state index < -0.39 is 0 Å². The summed E-state index contributed by atoms with van der Waals surface area (Å²) in [5, 5.41) is 1.45. The van der Waals surface area contributed by atoms with Crippen LogP contribution in [0.1, 0.15) is 11.1 Å². The molecule has 0 amide bonds. The lowest BCUT2D eigenvalue weighted by atomic mass is 10.1. The number of halogens is 2. The van der Waals surface area contributed by atoms with Gasteiger partial charge in [0.25, 0.3) is 0 Å². The number of aromatic amines is 1. The number of nitrogens with one attached hydrogen (secondary N) is 1. The van der Waals surface area contributed by atoms with Crippen LogP contribution in [0.25, 0.3) is 0 Å². The number of H-pyrrole nitrogens is 1. The molecule has 5 heteroatoms. The molecule has 0 aliphatic heterocycles. The van der Waals surface area contributed by atoms with Crippen molar-refractivity contribution in [3.8, 4) is 0 Å². The van der Waals surface area contributed by atoms with E-state index in [1.54, 1.807) is 11.8 Å². The zero-order valence-electron chi connectivity index (χ0n) is 9.62. The van der Waals surface area contributed by atoms with E-state index in [2.05, 4.69) is 40.8 Å². The van der Waals surface area contributed by atoms with Crippen molar-refractivity contribution in [3.63, 3.8) is 0 Å². The molecule has 1 aromatic carbocycles. The molecule has 0 bridgehead atoms. The maximum atomic E-state index is 5.79. The van der Waals surface area contributed by atoms with Crippen LogP contribution < -0.4 is 0 Å². The fourth-order valence-corrected chi connectivity index (χ4v) is 2.67. The minimum absolute atomic E-state index is 0.320. The smallest absolute Gasteiger partial charge is 0.168 e. The Kier molecular flexibility index (Phi) is 4.75. The Bertz CT molecular complexity index is 515. The summed E-state index contributed by atoms with van der Waals surface area (Å²) in [4.78, 5) is 7.02. The Labute approximate surface area is 120 Å². The quantitative estimate of drug-likeness (QED) is 0.638. The van der Waals surface area contributed by atoms with Gasteiger partial charge in [0.05, 0.1) is 0 Å². The van der Waals surface area contributed by atoms with Crippen molar-refractivity contribution in [2.75, 3.05) is 0 Å². The molecule has 1 heterocycles. The Morgan fingerprint density at radius 3 is 2.44 bits per heavy atom. The van der Waals surface area contributed by atoms with E-state index in [0.717, 1.165) is 17.3 Å². The second-order valence-corrected chi connectivity index (χ2v) is 5.44. The molecule has 18 heavy (non-hydrogen) atoms. The molecule has 2 nitrogen and oxygen atoms in total. The molecule has 0 saturated carbocycles. The highest BCUT2D eigenvalue weighted by atomic mass is 35.5. The van der Waals surface area contributed by atoms with Gasteiger partial charge in [0, 0.05) is 5.75 Å². The summed E-state index contributed by atoms with van der Waals surface area (Å²) in [5.41, 5.74) is 2.50. The van der Waals surface area contributed by atoms with Crippen LogP contribution in [0.5, 0.6) is 0 Å². The molecule has 1 aromatic heterocycles. The normalized spacial score (nSPS) is 10.6. The molecule has 2 aromatic rings. The van der Waals surface area contributed by atoms with E-state index in [0.29, 0.717) is 10.3 Å². The van der Waals surface area contributed by atoms with Gasteiger partial charge in [-0.2, -0.15) is 0 Å². The minimum atomic E-state index is 0.320. The summed E-state index contributed by atoms with van der Waals surface area (Å²) < 4.78 is 0. The topological polar surface area (TPSA) is 28.7 Å². The number of nitrogens with zero attached hydrogens (tertiary/aromatic N) is 1. The van der Waals surface area contributed by atoms with Crippen molar-refractivity contribution < 1.29 is 0 Å². The molecule has 0 spiro atoms. The van der Waals surface area contributed by atoms with Crippen LogP contribution in [0.15, 0.2) is 42.1 Å². The van der Waals surface area contributed by atoms with Crippen molar-refractivity contribution in [3.05, 3.63) is 58.4 Å². The molecule has 1 N–H and O–H groups in total. The second-order valence-electron chi connectivity index (χ2n) is 3.74. The van der Waals surface area contributed by atoms with Crippen LogP contribution in [-0.2, 0) is 12.2 Å². The van der Waals surface area contributed by atoms with Crippen LogP contribution in [0.4, 0.5) is 0 Å².